The van der Waals surface area contributed by atoms with E-state index in [4.69, 9.17) is 0 Å². The molecule has 0 amide bonds. The molecular formula is C9H10N3Na. The van der Waals surface area contributed by atoms with Gasteiger partial charge in [0, 0.05) is 5.56 Å². The Morgan fingerprint density at radius 1 is 1.31 bits per heavy atom. The molecule has 1 heterocycles. The molecule has 3 nitrogen and oxygen atoms in total. The van der Waals surface area contributed by atoms with Crippen LogP contribution in [0, 0.1) is 6.92 Å². The summed E-state index contributed by atoms with van der Waals surface area (Å²) >= 11 is 0. The fraction of sp³-hybridized carbons (Fsp3) is 0.111. The zero-order valence-corrected chi connectivity index (χ0v) is 9.78. The molecular weight excluding hydrogens is 173 g/mol. The monoisotopic (exact) mass is 183 g/mol. The summed E-state index contributed by atoms with van der Waals surface area (Å²) in [5, 5.41) is 10.4. The fourth-order valence-electron chi connectivity index (χ4n) is 1.19. The van der Waals surface area contributed by atoms with Crippen LogP contribution in [0.1, 0.15) is 6.99 Å². The number of aromatic nitrogens is 3. The minimum absolute atomic E-state index is 0. The van der Waals surface area contributed by atoms with Crippen LogP contribution in [-0.4, -0.2) is 15.4 Å². The first-order chi connectivity index (χ1) is 5.88. The normalized spacial score (nSPS) is 9.31. The Kier molecular flexibility index (Phi) is 3.66. The minimum Gasteiger partial charge on any atom is -1.00 e. The second-order valence-electron chi connectivity index (χ2n) is 2.67. The van der Waals surface area contributed by atoms with Gasteiger partial charge in [-0.15, -0.1) is 0 Å². The molecule has 0 bridgehead atoms. The molecule has 2 rings (SSSR count). The molecule has 0 aliphatic heterocycles. The van der Waals surface area contributed by atoms with Crippen molar-refractivity contribution in [2.45, 2.75) is 6.92 Å². The number of nitrogens with zero attached hydrogens (tertiary/aromatic N) is 2. The Balaban J connectivity index is 0.000000845. The average Bonchev–Trinajstić information content (AvgIpc) is 2.57. The van der Waals surface area contributed by atoms with Crippen molar-refractivity contribution in [1.29, 1.82) is 0 Å². The first-order valence-corrected chi connectivity index (χ1v) is 3.80. The molecule has 13 heavy (non-hydrogen) atoms. The third-order valence-electron chi connectivity index (χ3n) is 1.84. The average molecular weight is 183 g/mol. The molecule has 0 fully saturated rings. The summed E-state index contributed by atoms with van der Waals surface area (Å²) in [4.78, 5) is 0. The van der Waals surface area contributed by atoms with Crippen molar-refractivity contribution >= 4 is 0 Å². The number of aryl methyl sites for hydroxylation is 1. The quantitative estimate of drug-likeness (QED) is 0.570. The third-order valence-corrected chi connectivity index (χ3v) is 1.84. The molecule has 4 heteroatoms. The van der Waals surface area contributed by atoms with E-state index in [9.17, 15) is 0 Å². The van der Waals surface area contributed by atoms with Crippen molar-refractivity contribution in [3.8, 4) is 11.3 Å². The summed E-state index contributed by atoms with van der Waals surface area (Å²) in [5.41, 5.74) is 3.24. The Morgan fingerprint density at radius 2 is 2.08 bits per heavy atom. The van der Waals surface area contributed by atoms with Crippen LogP contribution in [-0.2, 0) is 0 Å². The smallest absolute Gasteiger partial charge is 1.00 e. The van der Waals surface area contributed by atoms with E-state index in [1.807, 2.05) is 18.2 Å². The van der Waals surface area contributed by atoms with Gasteiger partial charge in [0.15, 0.2) is 0 Å². The van der Waals surface area contributed by atoms with Gasteiger partial charge in [0.2, 0.25) is 0 Å². The third kappa shape index (κ3) is 2.18. The summed E-state index contributed by atoms with van der Waals surface area (Å²) < 4.78 is 0. The first-order valence-electron chi connectivity index (χ1n) is 3.80. The maximum absolute atomic E-state index is 4.01. The molecule has 0 radical (unpaired) electrons. The van der Waals surface area contributed by atoms with Gasteiger partial charge in [-0.3, -0.25) is 0 Å². The van der Waals surface area contributed by atoms with Crippen LogP contribution in [0.15, 0.2) is 30.5 Å². The Hall–Kier alpha value is -0.640. The molecule has 62 valence electrons. The van der Waals surface area contributed by atoms with Gasteiger partial charge in [-0.25, -0.2) is 0 Å². The molecule has 0 aliphatic rings. The largest absolute Gasteiger partial charge is 1.00 e. The van der Waals surface area contributed by atoms with E-state index in [1.165, 1.54) is 5.56 Å². The summed E-state index contributed by atoms with van der Waals surface area (Å²) in [7, 11) is 0. The molecule has 0 saturated carbocycles. The molecule has 2 aromatic rings. The maximum Gasteiger partial charge on any atom is 1.00 e. The van der Waals surface area contributed by atoms with Crippen LogP contribution in [0.2, 0.25) is 0 Å². The predicted octanol–water partition coefficient (Wildman–Crippen LogP) is -1.10. The fourth-order valence-corrected chi connectivity index (χ4v) is 1.19. The molecule has 0 saturated heterocycles. The molecule has 1 N–H and O–H groups in total. The van der Waals surface area contributed by atoms with E-state index in [1.54, 1.807) is 6.20 Å². The summed E-state index contributed by atoms with van der Waals surface area (Å²) in [6.45, 7) is 2.06. The minimum atomic E-state index is 0. The molecule has 0 aliphatic carbocycles. The van der Waals surface area contributed by atoms with Crippen LogP contribution in [0.25, 0.3) is 11.3 Å². The van der Waals surface area contributed by atoms with Crippen LogP contribution in [0.5, 0.6) is 0 Å². The van der Waals surface area contributed by atoms with Crippen molar-refractivity contribution in [3.05, 3.63) is 36.0 Å². The van der Waals surface area contributed by atoms with Gasteiger partial charge in [0.05, 0.1) is 6.20 Å². The van der Waals surface area contributed by atoms with E-state index in [-0.39, 0.29) is 31.0 Å². The standard InChI is InChI=1S/C9H9N3.Na.H/c1-7-4-2-3-5-8(7)9-6-10-12-11-9;;/h2-6H,1H3,(H,10,11,12);;/q;+1;-1. The van der Waals surface area contributed by atoms with E-state index in [2.05, 4.69) is 28.4 Å². The van der Waals surface area contributed by atoms with E-state index in [0.717, 1.165) is 11.3 Å². The van der Waals surface area contributed by atoms with Crippen LogP contribution >= 0.6 is 0 Å². The van der Waals surface area contributed by atoms with Crippen molar-refractivity contribution in [1.82, 2.24) is 15.4 Å². The molecule has 1 aromatic heterocycles. The second-order valence-corrected chi connectivity index (χ2v) is 2.67. The number of nitrogens with one attached hydrogen (secondary N) is 1. The van der Waals surface area contributed by atoms with Crippen molar-refractivity contribution < 1.29 is 31.0 Å². The Labute approximate surface area is 100 Å². The summed E-state index contributed by atoms with van der Waals surface area (Å²) in [5.74, 6) is 0. The van der Waals surface area contributed by atoms with Crippen LogP contribution in [0.4, 0.5) is 0 Å². The summed E-state index contributed by atoms with van der Waals surface area (Å²) in [6, 6.07) is 8.10. The summed E-state index contributed by atoms with van der Waals surface area (Å²) in [6.07, 6.45) is 1.72. The van der Waals surface area contributed by atoms with E-state index < -0.39 is 0 Å². The zero-order valence-electron chi connectivity index (χ0n) is 8.78. The number of hydrogen-bond acceptors (Lipinski definition) is 2. The predicted molar refractivity (Wildman–Crippen MR) is 47.7 cm³/mol. The van der Waals surface area contributed by atoms with Gasteiger partial charge >= 0.3 is 29.6 Å². The van der Waals surface area contributed by atoms with Crippen LogP contribution in [0.3, 0.4) is 0 Å². The first kappa shape index (κ1) is 10.4. The van der Waals surface area contributed by atoms with Crippen molar-refractivity contribution in [3.63, 3.8) is 0 Å². The van der Waals surface area contributed by atoms with Crippen LogP contribution < -0.4 is 29.6 Å². The Bertz CT molecular complexity index is 375. The number of H-pyrrole nitrogens is 1. The number of benzene rings is 1. The molecule has 1 aromatic carbocycles. The van der Waals surface area contributed by atoms with Gasteiger partial charge in [-0.05, 0) is 12.5 Å². The zero-order chi connectivity index (χ0) is 8.39. The Morgan fingerprint density at radius 3 is 2.69 bits per heavy atom. The van der Waals surface area contributed by atoms with Gasteiger partial charge in [-0.1, -0.05) is 24.3 Å². The van der Waals surface area contributed by atoms with E-state index in [0.29, 0.717) is 0 Å². The van der Waals surface area contributed by atoms with E-state index >= 15 is 0 Å². The molecule has 0 atom stereocenters. The molecule has 0 unspecified atom stereocenters. The SMILES string of the molecule is Cc1ccccc1-c1cn[nH]n1.[H-].[Na+]. The van der Waals surface area contributed by atoms with Gasteiger partial charge < -0.3 is 1.43 Å². The van der Waals surface area contributed by atoms with Gasteiger partial charge in [0.1, 0.15) is 5.69 Å². The van der Waals surface area contributed by atoms with Crippen molar-refractivity contribution in [2.75, 3.05) is 0 Å². The number of rotatable bonds is 1. The number of aromatic amines is 1. The topological polar surface area (TPSA) is 41.6 Å². The maximum atomic E-state index is 4.01. The second kappa shape index (κ2) is 4.56. The van der Waals surface area contributed by atoms with Gasteiger partial charge in [0.25, 0.3) is 0 Å². The van der Waals surface area contributed by atoms with Crippen molar-refractivity contribution in [2.24, 2.45) is 0 Å². The molecule has 0 spiro atoms. The van der Waals surface area contributed by atoms with Gasteiger partial charge in [-0.2, -0.15) is 15.4 Å². The number of hydrogen-bond donors (Lipinski definition) is 1.